The second-order valence-corrected chi connectivity index (χ2v) is 9.68. The fourth-order valence-corrected chi connectivity index (χ4v) is 5.46. The molecule has 0 bridgehead atoms. The minimum atomic E-state index is -0.466. The number of hydrogen-bond donors (Lipinski definition) is 0. The normalized spacial score (nSPS) is 25.6. The molecule has 2 atom stereocenters. The van der Waals surface area contributed by atoms with E-state index in [0.29, 0.717) is 6.61 Å². The summed E-state index contributed by atoms with van der Waals surface area (Å²) in [5.74, 6) is 0.988. The van der Waals surface area contributed by atoms with E-state index in [-0.39, 0.29) is 11.6 Å². The Balaban J connectivity index is 1.38. The molecule has 3 heterocycles. The molecule has 4 heteroatoms. The van der Waals surface area contributed by atoms with Crippen LogP contribution in [0.1, 0.15) is 50.3 Å². The van der Waals surface area contributed by atoms with Crippen LogP contribution in [0, 0.1) is 0 Å². The molecular weight excluding hydrogens is 396 g/mol. The molecule has 0 aliphatic carbocycles. The van der Waals surface area contributed by atoms with Crippen LogP contribution in [-0.2, 0) is 4.74 Å². The van der Waals surface area contributed by atoms with Crippen molar-refractivity contribution in [1.82, 2.24) is 5.01 Å². The van der Waals surface area contributed by atoms with Gasteiger partial charge in [0.1, 0.15) is 5.75 Å². The molecule has 0 aromatic heterocycles. The minimum absolute atomic E-state index is 0.192. The van der Waals surface area contributed by atoms with E-state index in [0.717, 1.165) is 30.7 Å². The molecule has 32 heavy (non-hydrogen) atoms. The van der Waals surface area contributed by atoms with E-state index in [1.54, 1.807) is 0 Å². The number of rotatable bonds is 2. The van der Waals surface area contributed by atoms with Crippen molar-refractivity contribution in [3.63, 3.8) is 0 Å². The standard InChI is InChI=1S/C28H28N2O2/c1-27(2)19-28(16-17-31-27)30-25(23-10-6-7-11-26(23)32-28)18-24(29-30)22-14-12-21(13-15-22)20-8-4-3-5-9-20/h3-15,25H,16-19H2,1-2H3/t25-,28-/m0/s1. The average Bonchev–Trinajstić information content (AvgIpc) is 3.26. The van der Waals surface area contributed by atoms with Crippen LogP contribution in [0.5, 0.6) is 5.75 Å². The van der Waals surface area contributed by atoms with E-state index in [4.69, 9.17) is 14.6 Å². The monoisotopic (exact) mass is 424 g/mol. The molecule has 3 aliphatic rings. The van der Waals surface area contributed by atoms with Crippen LogP contribution in [0.25, 0.3) is 11.1 Å². The van der Waals surface area contributed by atoms with Gasteiger partial charge < -0.3 is 9.47 Å². The number of hydrogen-bond acceptors (Lipinski definition) is 4. The molecule has 3 aromatic rings. The van der Waals surface area contributed by atoms with Crippen molar-refractivity contribution in [2.24, 2.45) is 5.10 Å². The largest absolute Gasteiger partial charge is 0.466 e. The first-order valence-corrected chi connectivity index (χ1v) is 11.5. The van der Waals surface area contributed by atoms with Gasteiger partial charge in [-0.3, -0.25) is 0 Å². The minimum Gasteiger partial charge on any atom is -0.466 e. The maximum absolute atomic E-state index is 6.71. The van der Waals surface area contributed by atoms with Gasteiger partial charge in [0.05, 0.1) is 24.0 Å². The van der Waals surface area contributed by atoms with E-state index in [1.807, 2.05) is 0 Å². The van der Waals surface area contributed by atoms with Crippen molar-refractivity contribution in [3.05, 3.63) is 90.0 Å². The maximum Gasteiger partial charge on any atom is 0.203 e. The van der Waals surface area contributed by atoms with Gasteiger partial charge in [-0.25, -0.2) is 5.01 Å². The third-order valence-electron chi connectivity index (χ3n) is 6.92. The number of ether oxygens (including phenoxy) is 2. The lowest BCUT2D eigenvalue weighted by Crippen LogP contribution is -2.60. The van der Waals surface area contributed by atoms with Gasteiger partial charge in [-0.15, -0.1) is 0 Å². The van der Waals surface area contributed by atoms with Crippen molar-refractivity contribution >= 4 is 5.71 Å². The predicted molar refractivity (Wildman–Crippen MR) is 127 cm³/mol. The smallest absolute Gasteiger partial charge is 0.203 e. The van der Waals surface area contributed by atoms with Gasteiger partial charge in [0, 0.05) is 24.8 Å². The summed E-state index contributed by atoms with van der Waals surface area (Å²) >= 11 is 0. The van der Waals surface area contributed by atoms with Gasteiger partial charge in [-0.05, 0) is 36.6 Å². The topological polar surface area (TPSA) is 34.1 Å². The lowest BCUT2D eigenvalue weighted by atomic mass is 9.86. The summed E-state index contributed by atoms with van der Waals surface area (Å²) in [5, 5.41) is 7.44. The molecule has 1 spiro atoms. The molecule has 0 unspecified atom stereocenters. The Kier molecular flexibility index (Phi) is 4.41. The average molecular weight is 425 g/mol. The highest BCUT2D eigenvalue weighted by Crippen LogP contribution is 2.51. The first-order chi connectivity index (χ1) is 15.5. The van der Waals surface area contributed by atoms with Crippen molar-refractivity contribution in [1.29, 1.82) is 0 Å². The van der Waals surface area contributed by atoms with E-state index in [2.05, 4.69) is 97.7 Å². The van der Waals surface area contributed by atoms with Crippen LogP contribution in [0.2, 0.25) is 0 Å². The van der Waals surface area contributed by atoms with Gasteiger partial charge in [0.15, 0.2) is 0 Å². The second-order valence-electron chi connectivity index (χ2n) is 9.68. The summed E-state index contributed by atoms with van der Waals surface area (Å²) < 4.78 is 12.8. The summed E-state index contributed by atoms with van der Waals surface area (Å²) in [6.07, 6.45) is 2.48. The molecule has 3 aliphatic heterocycles. The van der Waals surface area contributed by atoms with Crippen LogP contribution in [0.15, 0.2) is 84.0 Å². The summed E-state index contributed by atoms with van der Waals surface area (Å²) in [6, 6.07) is 27.9. The van der Waals surface area contributed by atoms with Crippen LogP contribution in [0.3, 0.4) is 0 Å². The molecule has 0 amide bonds. The van der Waals surface area contributed by atoms with E-state index in [9.17, 15) is 0 Å². The highest BCUT2D eigenvalue weighted by Gasteiger charge is 2.54. The zero-order chi connectivity index (χ0) is 21.8. The van der Waals surface area contributed by atoms with Gasteiger partial charge >= 0.3 is 0 Å². The molecule has 162 valence electrons. The molecule has 4 nitrogen and oxygen atoms in total. The highest BCUT2D eigenvalue weighted by atomic mass is 16.5. The fourth-order valence-electron chi connectivity index (χ4n) is 5.46. The Labute approximate surface area is 189 Å². The Bertz CT molecular complexity index is 1170. The predicted octanol–water partition coefficient (Wildman–Crippen LogP) is 6.18. The zero-order valence-electron chi connectivity index (χ0n) is 18.6. The number of para-hydroxylation sites is 1. The van der Waals surface area contributed by atoms with Crippen LogP contribution in [-0.4, -0.2) is 28.7 Å². The highest BCUT2D eigenvalue weighted by molar-refractivity contribution is 6.02. The van der Waals surface area contributed by atoms with E-state index >= 15 is 0 Å². The van der Waals surface area contributed by atoms with Crippen LogP contribution in [0.4, 0.5) is 0 Å². The van der Waals surface area contributed by atoms with Crippen LogP contribution >= 0.6 is 0 Å². The van der Waals surface area contributed by atoms with Crippen LogP contribution < -0.4 is 4.74 Å². The van der Waals surface area contributed by atoms with Crippen molar-refractivity contribution in [2.75, 3.05) is 6.61 Å². The van der Waals surface area contributed by atoms with Crippen molar-refractivity contribution in [2.45, 2.75) is 50.5 Å². The third kappa shape index (κ3) is 3.21. The molecule has 1 saturated heterocycles. The number of hydrazone groups is 1. The summed E-state index contributed by atoms with van der Waals surface area (Å²) in [6.45, 7) is 4.97. The first kappa shape index (κ1) is 19.6. The molecule has 0 N–H and O–H groups in total. The van der Waals surface area contributed by atoms with Gasteiger partial charge in [-0.2, -0.15) is 5.10 Å². The summed E-state index contributed by atoms with van der Waals surface area (Å²) in [5.41, 5.74) is 5.27. The number of nitrogens with zero attached hydrogens (tertiary/aromatic N) is 2. The zero-order valence-corrected chi connectivity index (χ0v) is 18.6. The van der Waals surface area contributed by atoms with E-state index < -0.39 is 5.72 Å². The Hall–Kier alpha value is -3.11. The number of benzene rings is 3. The first-order valence-electron chi connectivity index (χ1n) is 11.5. The Morgan fingerprint density at radius 3 is 2.31 bits per heavy atom. The molecular formula is C28H28N2O2. The third-order valence-corrected chi connectivity index (χ3v) is 6.92. The van der Waals surface area contributed by atoms with Gasteiger partial charge in [0.25, 0.3) is 0 Å². The maximum atomic E-state index is 6.71. The number of fused-ring (bicyclic) bond motifs is 4. The SMILES string of the molecule is CC1(C)C[C@]2(CCO1)Oc1ccccc1[C@@H]1CC(c3ccc(-c4ccccc4)cc3)=NN12. The van der Waals surface area contributed by atoms with Gasteiger partial charge in [-0.1, -0.05) is 72.8 Å². The van der Waals surface area contributed by atoms with Crippen molar-refractivity contribution in [3.8, 4) is 16.9 Å². The second kappa shape index (κ2) is 7.21. The Morgan fingerprint density at radius 1 is 0.844 bits per heavy atom. The molecule has 6 rings (SSSR count). The quantitative estimate of drug-likeness (QED) is 0.492. The van der Waals surface area contributed by atoms with E-state index in [1.165, 1.54) is 22.3 Å². The molecule has 3 aromatic carbocycles. The van der Waals surface area contributed by atoms with Gasteiger partial charge in [0.2, 0.25) is 5.72 Å². The lowest BCUT2D eigenvalue weighted by molar-refractivity contribution is -0.212. The molecule has 1 fully saturated rings. The molecule has 0 saturated carbocycles. The van der Waals surface area contributed by atoms with Crippen molar-refractivity contribution < 1.29 is 9.47 Å². The molecule has 0 radical (unpaired) electrons. The summed E-state index contributed by atoms with van der Waals surface area (Å²) in [4.78, 5) is 0. The Morgan fingerprint density at radius 2 is 1.53 bits per heavy atom. The summed E-state index contributed by atoms with van der Waals surface area (Å²) in [7, 11) is 0. The lowest BCUT2D eigenvalue weighted by Gasteiger charge is -2.52. The fraction of sp³-hybridized carbons (Fsp3) is 0.321.